The zero-order valence-electron chi connectivity index (χ0n) is 12.3. The third-order valence-corrected chi connectivity index (χ3v) is 6.63. The largest absolute Gasteiger partial charge is 0.342 e. The van der Waals surface area contributed by atoms with Crippen LogP contribution in [0, 0.1) is 5.92 Å². The van der Waals surface area contributed by atoms with Gasteiger partial charge in [-0.2, -0.15) is 0 Å². The first-order valence-corrected chi connectivity index (χ1v) is 9.47. The fourth-order valence-electron chi connectivity index (χ4n) is 3.14. The van der Waals surface area contributed by atoms with E-state index < -0.39 is 15.1 Å². The number of nitrogens with one attached hydrogen (secondary N) is 1. The summed E-state index contributed by atoms with van der Waals surface area (Å²) in [6.45, 7) is 5.48. The monoisotopic (exact) mass is 302 g/mol. The number of carbonyl (C=O) groups excluding carboxylic acids is 1. The molecule has 2 aliphatic heterocycles. The van der Waals surface area contributed by atoms with Crippen LogP contribution in [0.1, 0.15) is 39.0 Å². The molecule has 0 aromatic carbocycles. The number of sulfone groups is 1. The molecule has 2 fully saturated rings. The van der Waals surface area contributed by atoms with E-state index in [2.05, 4.69) is 12.2 Å². The van der Waals surface area contributed by atoms with Crippen LogP contribution in [0.25, 0.3) is 0 Å². The Bertz CT molecular complexity index is 428. The van der Waals surface area contributed by atoms with Gasteiger partial charge in [0.2, 0.25) is 5.91 Å². The van der Waals surface area contributed by atoms with Crippen molar-refractivity contribution in [1.82, 2.24) is 10.2 Å². The number of hydrogen-bond acceptors (Lipinski definition) is 4. The van der Waals surface area contributed by atoms with Crippen molar-refractivity contribution >= 4 is 15.7 Å². The molecule has 1 atom stereocenters. The lowest BCUT2D eigenvalue weighted by molar-refractivity contribution is -0.132. The van der Waals surface area contributed by atoms with Crippen LogP contribution in [-0.2, 0) is 14.6 Å². The van der Waals surface area contributed by atoms with Crippen molar-refractivity contribution in [1.29, 1.82) is 0 Å². The molecule has 1 amide bonds. The van der Waals surface area contributed by atoms with Crippen LogP contribution in [-0.4, -0.2) is 56.4 Å². The number of piperidine rings is 1. The Morgan fingerprint density at radius 1 is 1.20 bits per heavy atom. The van der Waals surface area contributed by atoms with E-state index in [4.69, 9.17) is 0 Å². The van der Waals surface area contributed by atoms with Gasteiger partial charge in [-0.25, -0.2) is 8.42 Å². The summed E-state index contributed by atoms with van der Waals surface area (Å²) in [5.74, 6) is 0.647. The summed E-state index contributed by atoms with van der Waals surface area (Å²) < 4.78 is 24.0. The normalized spacial score (nSPS) is 27.4. The van der Waals surface area contributed by atoms with Crippen molar-refractivity contribution in [2.45, 2.75) is 44.3 Å². The van der Waals surface area contributed by atoms with Crippen molar-refractivity contribution in [3.63, 3.8) is 0 Å². The molecule has 2 rings (SSSR count). The molecule has 1 N–H and O–H groups in total. The molecule has 1 unspecified atom stereocenters. The lowest BCUT2D eigenvalue weighted by Crippen LogP contribution is -2.48. The third-order valence-electron chi connectivity index (χ3n) is 4.46. The second kappa shape index (κ2) is 6.89. The highest BCUT2D eigenvalue weighted by atomic mass is 32.2. The molecule has 2 saturated heterocycles. The van der Waals surface area contributed by atoms with Gasteiger partial charge in [0.1, 0.15) is 5.25 Å². The number of amides is 1. The number of carbonyl (C=O) groups is 1. The molecule has 116 valence electrons. The van der Waals surface area contributed by atoms with Gasteiger partial charge >= 0.3 is 0 Å². The predicted octanol–water partition coefficient (Wildman–Crippen LogP) is 0.802. The molecule has 0 saturated carbocycles. The van der Waals surface area contributed by atoms with E-state index in [-0.39, 0.29) is 11.7 Å². The number of hydrogen-bond donors (Lipinski definition) is 1. The van der Waals surface area contributed by atoms with E-state index >= 15 is 0 Å². The van der Waals surface area contributed by atoms with Gasteiger partial charge in [0.15, 0.2) is 9.84 Å². The third kappa shape index (κ3) is 3.73. The van der Waals surface area contributed by atoms with Crippen molar-refractivity contribution < 1.29 is 13.2 Å². The zero-order valence-corrected chi connectivity index (χ0v) is 13.1. The van der Waals surface area contributed by atoms with Crippen molar-refractivity contribution in [3.8, 4) is 0 Å². The Kier molecular flexibility index (Phi) is 5.43. The summed E-state index contributed by atoms with van der Waals surface area (Å²) in [7, 11) is -3.20. The van der Waals surface area contributed by atoms with Crippen molar-refractivity contribution in [2.24, 2.45) is 5.92 Å². The molecule has 6 heteroatoms. The van der Waals surface area contributed by atoms with Crippen LogP contribution in [0.3, 0.4) is 0 Å². The predicted molar refractivity (Wildman–Crippen MR) is 79.3 cm³/mol. The summed E-state index contributed by atoms with van der Waals surface area (Å²) in [6.07, 6.45) is 4.03. The summed E-state index contributed by atoms with van der Waals surface area (Å²) in [4.78, 5) is 14.2. The van der Waals surface area contributed by atoms with Gasteiger partial charge in [-0.1, -0.05) is 13.3 Å². The fraction of sp³-hybridized carbons (Fsp3) is 0.929. The van der Waals surface area contributed by atoms with Gasteiger partial charge in [0.25, 0.3) is 0 Å². The first-order valence-electron chi connectivity index (χ1n) is 7.75. The summed E-state index contributed by atoms with van der Waals surface area (Å²) in [5, 5.41) is 2.58. The molecule has 0 aromatic heterocycles. The fourth-order valence-corrected chi connectivity index (χ4v) is 5.01. The molecule has 2 heterocycles. The quantitative estimate of drug-likeness (QED) is 0.834. The number of rotatable bonds is 4. The van der Waals surface area contributed by atoms with Crippen LogP contribution in [0.2, 0.25) is 0 Å². The molecule has 0 bridgehead atoms. The smallest absolute Gasteiger partial charge is 0.240 e. The first kappa shape index (κ1) is 15.8. The van der Waals surface area contributed by atoms with Gasteiger partial charge in [-0.3, -0.25) is 4.79 Å². The highest BCUT2D eigenvalue weighted by Crippen LogP contribution is 2.24. The molecule has 0 aromatic rings. The molecular weight excluding hydrogens is 276 g/mol. The minimum absolute atomic E-state index is 0.147. The van der Waals surface area contributed by atoms with E-state index in [1.807, 2.05) is 0 Å². The van der Waals surface area contributed by atoms with E-state index in [0.717, 1.165) is 32.4 Å². The van der Waals surface area contributed by atoms with Crippen molar-refractivity contribution in [3.05, 3.63) is 0 Å². The number of likely N-dealkylation sites (tertiary alicyclic amines) is 1. The SMILES string of the molecule is CCNCC1CCN(C(=O)C2CCCCS2(=O)=O)CC1. The van der Waals surface area contributed by atoms with Gasteiger partial charge in [0.05, 0.1) is 5.75 Å². The average Bonchev–Trinajstić information content (AvgIpc) is 2.44. The Morgan fingerprint density at radius 2 is 1.90 bits per heavy atom. The molecule has 5 nitrogen and oxygen atoms in total. The topological polar surface area (TPSA) is 66.5 Å². The Morgan fingerprint density at radius 3 is 2.50 bits per heavy atom. The lowest BCUT2D eigenvalue weighted by atomic mass is 9.96. The zero-order chi connectivity index (χ0) is 14.6. The summed E-state index contributed by atoms with van der Waals surface area (Å²) in [5.41, 5.74) is 0. The maximum absolute atomic E-state index is 12.4. The van der Waals surface area contributed by atoms with Crippen LogP contribution in [0.5, 0.6) is 0 Å². The molecule has 20 heavy (non-hydrogen) atoms. The van der Waals surface area contributed by atoms with Crippen LogP contribution < -0.4 is 5.32 Å². The minimum Gasteiger partial charge on any atom is -0.342 e. The molecule has 0 spiro atoms. The van der Waals surface area contributed by atoms with Crippen molar-refractivity contribution in [2.75, 3.05) is 31.9 Å². The number of nitrogens with zero attached hydrogens (tertiary/aromatic N) is 1. The minimum atomic E-state index is -3.20. The average molecular weight is 302 g/mol. The molecule has 0 radical (unpaired) electrons. The highest BCUT2D eigenvalue weighted by Gasteiger charge is 2.38. The van der Waals surface area contributed by atoms with Gasteiger partial charge in [-0.05, 0) is 44.7 Å². The standard InChI is InChI=1S/C14H26N2O3S/c1-2-15-11-12-6-8-16(9-7-12)14(17)13-5-3-4-10-20(13,18)19/h12-13,15H,2-11H2,1H3. The summed E-state index contributed by atoms with van der Waals surface area (Å²) >= 11 is 0. The molecule has 2 aliphatic rings. The summed E-state index contributed by atoms with van der Waals surface area (Å²) in [6, 6.07) is 0. The van der Waals surface area contributed by atoms with Crippen LogP contribution in [0.15, 0.2) is 0 Å². The van der Waals surface area contributed by atoms with Gasteiger partial charge < -0.3 is 10.2 Å². The molecular formula is C14H26N2O3S. The van der Waals surface area contributed by atoms with E-state index in [1.54, 1.807) is 4.90 Å². The Balaban J connectivity index is 1.88. The lowest BCUT2D eigenvalue weighted by Gasteiger charge is -2.35. The van der Waals surface area contributed by atoms with Crippen LogP contribution >= 0.6 is 0 Å². The Hall–Kier alpha value is -0.620. The first-order chi connectivity index (χ1) is 9.54. The van der Waals surface area contributed by atoms with E-state index in [0.29, 0.717) is 31.8 Å². The van der Waals surface area contributed by atoms with Crippen LogP contribution in [0.4, 0.5) is 0 Å². The Labute approximate surface area is 122 Å². The van der Waals surface area contributed by atoms with E-state index in [1.165, 1.54) is 0 Å². The molecule has 0 aliphatic carbocycles. The maximum atomic E-state index is 12.4. The van der Waals surface area contributed by atoms with E-state index in [9.17, 15) is 13.2 Å². The maximum Gasteiger partial charge on any atom is 0.240 e. The van der Waals surface area contributed by atoms with Gasteiger partial charge in [-0.15, -0.1) is 0 Å². The second-order valence-corrected chi connectivity index (χ2v) is 8.23. The highest BCUT2D eigenvalue weighted by molar-refractivity contribution is 7.92. The second-order valence-electron chi connectivity index (χ2n) is 5.93. The van der Waals surface area contributed by atoms with Gasteiger partial charge in [0, 0.05) is 13.1 Å².